The third-order valence-corrected chi connectivity index (χ3v) is 4.28. The molecule has 0 aliphatic heterocycles. The molecule has 0 saturated carbocycles. The van der Waals surface area contributed by atoms with Gasteiger partial charge in [0.05, 0.1) is 16.8 Å². The number of carbonyl (C=O) groups excluding carboxylic acids is 1. The van der Waals surface area contributed by atoms with E-state index in [1.165, 1.54) is 11.3 Å². The van der Waals surface area contributed by atoms with Gasteiger partial charge in [0.15, 0.2) is 4.80 Å². The number of fused-ring (bicyclic) bond motifs is 1. The summed E-state index contributed by atoms with van der Waals surface area (Å²) in [6.07, 6.45) is 4.20. The number of hydrogen-bond acceptors (Lipinski definition) is 3. The van der Waals surface area contributed by atoms with Crippen molar-refractivity contribution in [3.63, 3.8) is 0 Å². The monoisotopic (exact) mass is 318 g/mol. The SMILES string of the molecule is C=CCn1c(=NC(=O)CCCC)sc2cc(OCC)ccc21. The molecule has 1 heterocycles. The quantitative estimate of drug-likeness (QED) is 0.727. The highest BCUT2D eigenvalue weighted by Gasteiger charge is 2.08. The fourth-order valence-electron chi connectivity index (χ4n) is 2.19. The first-order valence-corrected chi connectivity index (χ1v) is 8.45. The largest absolute Gasteiger partial charge is 0.494 e. The third-order valence-electron chi connectivity index (χ3n) is 3.24. The van der Waals surface area contributed by atoms with E-state index in [1.807, 2.05) is 35.8 Å². The predicted molar refractivity (Wildman–Crippen MR) is 91.3 cm³/mol. The molecule has 2 aromatic rings. The highest BCUT2D eigenvalue weighted by molar-refractivity contribution is 7.16. The van der Waals surface area contributed by atoms with Crippen LogP contribution in [-0.4, -0.2) is 17.1 Å². The normalized spacial score (nSPS) is 11.8. The number of unbranched alkanes of at least 4 members (excludes halogenated alkanes) is 1. The standard InChI is InChI=1S/C17H22N2O2S/c1-4-7-8-16(20)18-17-19(11-5-2)14-10-9-13(21-6-3)12-15(14)22-17/h5,9-10,12H,2,4,6-8,11H2,1,3H3. The van der Waals surface area contributed by atoms with Gasteiger partial charge in [0.1, 0.15) is 5.75 Å². The van der Waals surface area contributed by atoms with E-state index in [4.69, 9.17) is 4.74 Å². The zero-order chi connectivity index (χ0) is 15.9. The Bertz CT molecular complexity index is 728. The second kappa shape index (κ2) is 7.94. The molecule has 0 bridgehead atoms. The number of hydrogen-bond donors (Lipinski definition) is 0. The van der Waals surface area contributed by atoms with Crippen molar-refractivity contribution >= 4 is 27.5 Å². The molecule has 1 amide bonds. The fourth-order valence-corrected chi connectivity index (χ4v) is 3.28. The van der Waals surface area contributed by atoms with Gasteiger partial charge in [-0.25, -0.2) is 0 Å². The lowest BCUT2D eigenvalue weighted by atomic mass is 10.2. The van der Waals surface area contributed by atoms with Crippen LogP contribution in [0.2, 0.25) is 0 Å². The Morgan fingerprint density at radius 1 is 1.45 bits per heavy atom. The third kappa shape index (κ3) is 3.85. The summed E-state index contributed by atoms with van der Waals surface area (Å²) in [4.78, 5) is 17.0. The smallest absolute Gasteiger partial charge is 0.248 e. The van der Waals surface area contributed by atoms with Gasteiger partial charge < -0.3 is 9.30 Å². The first kappa shape index (κ1) is 16.5. The Kier molecular flexibility index (Phi) is 5.95. The molecule has 118 valence electrons. The van der Waals surface area contributed by atoms with Gasteiger partial charge in [-0.15, -0.1) is 6.58 Å². The van der Waals surface area contributed by atoms with Gasteiger partial charge in [-0.1, -0.05) is 30.8 Å². The molecule has 1 aromatic carbocycles. The zero-order valence-electron chi connectivity index (χ0n) is 13.2. The summed E-state index contributed by atoms with van der Waals surface area (Å²) in [6, 6.07) is 5.95. The average molecular weight is 318 g/mol. The summed E-state index contributed by atoms with van der Waals surface area (Å²) in [5, 5.41) is 0. The Morgan fingerprint density at radius 3 is 2.95 bits per heavy atom. The summed E-state index contributed by atoms with van der Waals surface area (Å²) in [5.74, 6) is 0.780. The molecule has 0 spiro atoms. The number of allylic oxidation sites excluding steroid dienone is 1. The minimum Gasteiger partial charge on any atom is -0.494 e. The van der Waals surface area contributed by atoms with E-state index in [2.05, 4.69) is 18.5 Å². The van der Waals surface area contributed by atoms with Crippen LogP contribution in [-0.2, 0) is 11.3 Å². The molecule has 0 saturated heterocycles. The summed E-state index contributed by atoms with van der Waals surface area (Å²) in [7, 11) is 0. The second-order valence-corrected chi connectivity index (χ2v) is 5.96. The number of nitrogens with zero attached hydrogens (tertiary/aromatic N) is 2. The number of ether oxygens (including phenoxy) is 1. The van der Waals surface area contributed by atoms with Gasteiger partial charge >= 0.3 is 0 Å². The van der Waals surface area contributed by atoms with Crippen LogP contribution >= 0.6 is 11.3 Å². The molecule has 0 aliphatic carbocycles. The molecule has 22 heavy (non-hydrogen) atoms. The van der Waals surface area contributed by atoms with Gasteiger partial charge in [-0.3, -0.25) is 4.79 Å². The van der Waals surface area contributed by atoms with Crippen molar-refractivity contribution in [2.45, 2.75) is 39.7 Å². The molecule has 4 nitrogen and oxygen atoms in total. The van der Waals surface area contributed by atoms with Gasteiger partial charge in [0.25, 0.3) is 0 Å². The number of amides is 1. The molecule has 0 atom stereocenters. The molecule has 1 aromatic heterocycles. The number of carbonyl (C=O) groups is 1. The highest BCUT2D eigenvalue weighted by atomic mass is 32.1. The van der Waals surface area contributed by atoms with Crippen molar-refractivity contribution in [1.82, 2.24) is 4.57 Å². The Labute approximate surface area is 134 Å². The lowest BCUT2D eigenvalue weighted by Crippen LogP contribution is -2.16. The van der Waals surface area contributed by atoms with Crippen molar-refractivity contribution in [3.05, 3.63) is 35.7 Å². The van der Waals surface area contributed by atoms with Crippen LogP contribution in [0.4, 0.5) is 0 Å². The Morgan fingerprint density at radius 2 is 2.27 bits per heavy atom. The van der Waals surface area contributed by atoms with Crippen LogP contribution in [0.1, 0.15) is 33.1 Å². The van der Waals surface area contributed by atoms with E-state index >= 15 is 0 Å². The number of aromatic nitrogens is 1. The van der Waals surface area contributed by atoms with Crippen LogP contribution in [0.3, 0.4) is 0 Å². The van der Waals surface area contributed by atoms with Gasteiger partial charge in [-0.2, -0.15) is 4.99 Å². The molecule has 0 fully saturated rings. The van der Waals surface area contributed by atoms with Crippen molar-refractivity contribution in [2.75, 3.05) is 6.61 Å². The zero-order valence-corrected chi connectivity index (χ0v) is 14.0. The van der Waals surface area contributed by atoms with E-state index in [9.17, 15) is 4.79 Å². The lowest BCUT2D eigenvalue weighted by molar-refractivity contribution is -0.118. The van der Waals surface area contributed by atoms with Crippen LogP contribution < -0.4 is 9.54 Å². The molecular weight excluding hydrogens is 296 g/mol. The van der Waals surface area contributed by atoms with Crippen molar-refractivity contribution < 1.29 is 9.53 Å². The first-order valence-electron chi connectivity index (χ1n) is 7.64. The Balaban J connectivity index is 2.47. The minimum absolute atomic E-state index is 0.0590. The van der Waals surface area contributed by atoms with E-state index in [1.54, 1.807) is 0 Å². The number of benzene rings is 1. The number of thiazole rings is 1. The van der Waals surface area contributed by atoms with Gasteiger partial charge in [-0.05, 0) is 31.5 Å². The molecule has 0 N–H and O–H groups in total. The number of rotatable bonds is 7. The first-order chi connectivity index (χ1) is 10.7. The summed E-state index contributed by atoms with van der Waals surface area (Å²) in [6.45, 7) is 9.09. The topological polar surface area (TPSA) is 43.6 Å². The second-order valence-electron chi connectivity index (χ2n) is 4.96. The van der Waals surface area contributed by atoms with E-state index < -0.39 is 0 Å². The molecule has 0 aliphatic rings. The maximum absolute atomic E-state index is 12.0. The van der Waals surface area contributed by atoms with Crippen molar-refractivity contribution in [1.29, 1.82) is 0 Å². The molecule has 5 heteroatoms. The lowest BCUT2D eigenvalue weighted by Gasteiger charge is -2.04. The maximum Gasteiger partial charge on any atom is 0.248 e. The summed E-state index contributed by atoms with van der Waals surface area (Å²) < 4.78 is 8.62. The summed E-state index contributed by atoms with van der Waals surface area (Å²) >= 11 is 1.51. The van der Waals surface area contributed by atoms with Crippen LogP contribution in [0.5, 0.6) is 5.75 Å². The maximum atomic E-state index is 12.0. The van der Waals surface area contributed by atoms with E-state index in [0.717, 1.165) is 33.6 Å². The summed E-state index contributed by atoms with van der Waals surface area (Å²) in [5.41, 5.74) is 1.05. The highest BCUT2D eigenvalue weighted by Crippen LogP contribution is 2.23. The van der Waals surface area contributed by atoms with Crippen molar-refractivity contribution in [3.8, 4) is 5.75 Å². The molecule has 2 rings (SSSR count). The van der Waals surface area contributed by atoms with Gasteiger partial charge in [0.2, 0.25) is 5.91 Å². The van der Waals surface area contributed by atoms with E-state index in [0.29, 0.717) is 19.6 Å². The van der Waals surface area contributed by atoms with Crippen LogP contribution in [0, 0.1) is 0 Å². The predicted octanol–water partition coefficient (Wildman–Crippen LogP) is 3.91. The minimum atomic E-state index is -0.0590. The average Bonchev–Trinajstić information content (AvgIpc) is 2.83. The van der Waals surface area contributed by atoms with E-state index in [-0.39, 0.29) is 5.91 Å². The van der Waals surface area contributed by atoms with Crippen LogP contribution in [0.25, 0.3) is 10.2 Å². The van der Waals surface area contributed by atoms with Gasteiger partial charge in [0, 0.05) is 13.0 Å². The molecule has 0 unspecified atom stereocenters. The molecule has 0 radical (unpaired) electrons. The Hall–Kier alpha value is -1.88. The molecular formula is C17H22N2O2S. The fraction of sp³-hybridized carbons (Fsp3) is 0.412. The van der Waals surface area contributed by atoms with Crippen molar-refractivity contribution in [2.24, 2.45) is 4.99 Å². The van der Waals surface area contributed by atoms with Crippen LogP contribution in [0.15, 0.2) is 35.8 Å².